The molecule has 4 rings (SSSR count). The summed E-state index contributed by atoms with van der Waals surface area (Å²) in [6, 6.07) is 8.90. The third-order valence-electron chi connectivity index (χ3n) is 5.41. The van der Waals surface area contributed by atoms with Crippen molar-refractivity contribution in [2.45, 2.75) is 36.9 Å². The number of piperidine rings is 1. The molecule has 0 amide bonds. The molecule has 1 N–H and O–H groups in total. The van der Waals surface area contributed by atoms with Crippen molar-refractivity contribution in [1.82, 2.24) is 9.62 Å². The first-order valence-corrected chi connectivity index (χ1v) is 11.7. The predicted octanol–water partition coefficient (Wildman–Crippen LogP) is 3.06. The second-order valence-corrected chi connectivity index (χ2v) is 9.74. The van der Waals surface area contributed by atoms with Gasteiger partial charge in [-0.2, -0.15) is 0 Å². The van der Waals surface area contributed by atoms with Crippen LogP contribution in [0.4, 0.5) is 5.69 Å². The minimum atomic E-state index is -3.62. The molecular formula is C20H22ClN3O6S. The van der Waals surface area contributed by atoms with Crippen molar-refractivity contribution in [1.29, 1.82) is 0 Å². The van der Waals surface area contributed by atoms with Gasteiger partial charge in [0.1, 0.15) is 5.75 Å². The summed E-state index contributed by atoms with van der Waals surface area (Å²) in [6.07, 6.45) is 1.27. The summed E-state index contributed by atoms with van der Waals surface area (Å²) in [6.45, 7) is 2.19. The number of hydrogen-bond acceptors (Lipinski definition) is 7. The number of non-ortho nitro benzene ring substituents is 1. The van der Waals surface area contributed by atoms with Crippen molar-refractivity contribution in [3.8, 4) is 5.75 Å². The number of ether oxygens (including phenoxy) is 2. The van der Waals surface area contributed by atoms with Crippen LogP contribution in [-0.2, 0) is 27.9 Å². The van der Waals surface area contributed by atoms with E-state index >= 15 is 0 Å². The highest BCUT2D eigenvalue weighted by atomic mass is 35.5. The highest BCUT2D eigenvalue weighted by molar-refractivity contribution is 7.89. The van der Waals surface area contributed by atoms with Crippen LogP contribution in [-0.4, -0.2) is 44.2 Å². The van der Waals surface area contributed by atoms with Crippen molar-refractivity contribution in [3.63, 3.8) is 0 Å². The maximum atomic E-state index is 12.6. The normalized spacial score (nSPS) is 17.7. The molecule has 1 fully saturated rings. The van der Waals surface area contributed by atoms with Crippen LogP contribution >= 0.6 is 11.6 Å². The van der Waals surface area contributed by atoms with Gasteiger partial charge in [0.15, 0.2) is 6.79 Å². The zero-order chi connectivity index (χ0) is 22.0. The number of halogens is 1. The number of benzene rings is 2. The number of nitro groups is 1. The van der Waals surface area contributed by atoms with Crippen LogP contribution in [0.5, 0.6) is 5.75 Å². The number of sulfonamides is 1. The summed E-state index contributed by atoms with van der Waals surface area (Å²) in [5.41, 5.74) is 1.42. The van der Waals surface area contributed by atoms with Crippen molar-refractivity contribution in [3.05, 3.63) is 62.7 Å². The lowest BCUT2D eigenvalue weighted by Gasteiger charge is -2.33. The Morgan fingerprint density at radius 1 is 1.19 bits per heavy atom. The standard InChI is InChI=1S/C20H22ClN3O6S/c21-16-1-3-19(4-2-16)31(27,28)22-17-5-7-23(8-6-17)11-14-9-18(24(25)26)10-15-12-29-13-30-20(14)15/h1-4,9-10,17,22H,5-8,11-13H2. The molecule has 0 aliphatic carbocycles. The Morgan fingerprint density at radius 3 is 2.58 bits per heavy atom. The molecular weight excluding hydrogens is 446 g/mol. The molecule has 2 aromatic rings. The summed E-state index contributed by atoms with van der Waals surface area (Å²) in [7, 11) is -3.62. The summed E-state index contributed by atoms with van der Waals surface area (Å²) in [5, 5.41) is 11.8. The van der Waals surface area contributed by atoms with Crippen LogP contribution in [0.1, 0.15) is 24.0 Å². The Kier molecular flexibility index (Phi) is 6.44. The summed E-state index contributed by atoms with van der Waals surface area (Å²) in [5.74, 6) is 0.641. The number of hydrogen-bond donors (Lipinski definition) is 1. The Morgan fingerprint density at radius 2 is 1.90 bits per heavy atom. The molecule has 9 nitrogen and oxygen atoms in total. The Hall–Kier alpha value is -2.24. The van der Waals surface area contributed by atoms with E-state index in [1.54, 1.807) is 18.2 Å². The van der Waals surface area contributed by atoms with Gasteiger partial charge >= 0.3 is 0 Å². The number of nitrogens with zero attached hydrogens (tertiary/aromatic N) is 2. The molecule has 0 radical (unpaired) electrons. The lowest BCUT2D eigenvalue weighted by molar-refractivity contribution is -0.385. The van der Waals surface area contributed by atoms with Crippen LogP contribution < -0.4 is 9.46 Å². The average Bonchev–Trinajstić information content (AvgIpc) is 2.75. The smallest absolute Gasteiger partial charge is 0.270 e. The van der Waals surface area contributed by atoms with Gasteiger partial charge in [0.25, 0.3) is 5.69 Å². The van der Waals surface area contributed by atoms with E-state index in [1.807, 2.05) is 0 Å². The molecule has 2 heterocycles. The zero-order valence-electron chi connectivity index (χ0n) is 16.6. The SMILES string of the molecule is O=[N+]([O-])c1cc2c(c(CN3CCC(NS(=O)(=O)c4ccc(Cl)cc4)CC3)c1)OCOC2. The first-order chi connectivity index (χ1) is 14.8. The monoisotopic (exact) mass is 467 g/mol. The molecule has 2 aliphatic rings. The first-order valence-electron chi connectivity index (χ1n) is 9.83. The Balaban J connectivity index is 1.40. The van der Waals surface area contributed by atoms with Gasteiger partial charge in [-0.25, -0.2) is 13.1 Å². The lowest BCUT2D eigenvalue weighted by atomic mass is 10.0. The molecule has 11 heteroatoms. The molecule has 2 aliphatic heterocycles. The van der Waals surface area contributed by atoms with Gasteiger partial charge < -0.3 is 9.47 Å². The molecule has 0 atom stereocenters. The number of likely N-dealkylation sites (tertiary alicyclic amines) is 1. The molecule has 0 spiro atoms. The molecule has 0 aromatic heterocycles. The van der Waals surface area contributed by atoms with Crippen molar-refractivity contribution in [2.24, 2.45) is 0 Å². The van der Waals surface area contributed by atoms with E-state index in [2.05, 4.69) is 9.62 Å². The quantitative estimate of drug-likeness (QED) is 0.513. The third-order valence-corrected chi connectivity index (χ3v) is 7.20. The minimum Gasteiger partial charge on any atom is -0.467 e. The second kappa shape index (κ2) is 9.09. The topological polar surface area (TPSA) is 111 Å². The molecule has 0 bridgehead atoms. The Labute approximate surface area is 185 Å². The zero-order valence-corrected chi connectivity index (χ0v) is 18.2. The maximum absolute atomic E-state index is 12.6. The number of nitrogens with one attached hydrogen (secondary N) is 1. The van der Waals surface area contributed by atoms with Gasteiger partial charge in [0, 0.05) is 54.0 Å². The van der Waals surface area contributed by atoms with Gasteiger partial charge in [-0.05, 0) is 37.1 Å². The molecule has 0 saturated carbocycles. The number of fused-ring (bicyclic) bond motifs is 1. The lowest BCUT2D eigenvalue weighted by Crippen LogP contribution is -2.44. The van der Waals surface area contributed by atoms with E-state index in [4.69, 9.17) is 21.1 Å². The highest BCUT2D eigenvalue weighted by Crippen LogP contribution is 2.34. The van der Waals surface area contributed by atoms with E-state index in [0.717, 1.165) is 5.56 Å². The van der Waals surface area contributed by atoms with Gasteiger partial charge in [-0.15, -0.1) is 0 Å². The fraction of sp³-hybridized carbons (Fsp3) is 0.400. The summed E-state index contributed by atoms with van der Waals surface area (Å²) < 4.78 is 38.8. The fourth-order valence-corrected chi connectivity index (χ4v) is 5.29. The van der Waals surface area contributed by atoms with Crippen molar-refractivity contribution < 1.29 is 22.8 Å². The molecule has 2 aromatic carbocycles. The van der Waals surface area contributed by atoms with E-state index in [1.165, 1.54) is 18.2 Å². The Bertz CT molecular complexity index is 1070. The molecule has 166 valence electrons. The largest absolute Gasteiger partial charge is 0.467 e. The van der Waals surface area contributed by atoms with Gasteiger partial charge in [-0.3, -0.25) is 15.0 Å². The molecule has 31 heavy (non-hydrogen) atoms. The number of rotatable bonds is 6. The van der Waals surface area contributed by atoms with Crippen LogP contribution in [0, 0.1) is 10.1 Å². The van der Waals surface area contributed by atoms with Gasteiger partial charge in [0.2, 0.25) is 10.0 Å². The van der Waals surface area contributed by atoms with E-state index < -0.39 is 14.9 Å². The second-order valence-electron chi connectivity index (χ2n) is 7.59. The fourth-order valence-electron chi connectivity index (χ4n) is 3.85. The van der Waals surface area contributed by atoms with Crippen LogP contribution in [0.2, 0.25) is 5.02 Å². The minimum absolute atomic E-state index is 0.00783. The number of nitro benzene ring substituents is 1. The average molecular weight is 468 g/mol. The van der Waals surface area contributed by atoms with Crippen molar-refractivity contribution in [2.75, 3.05) is 19.9 Å². The van der Waals surface area contributed by atoms with E-state index in [0.29, 0.717) is 48.8 Å². The maximum Gasteiger partial charge on any atom is 0.270 e. The van der Waals surface area contributed by atoms with Crippen LogP contribution in [0.25, 0.3) is 0 Å². The summed E-state index contributed by atoms with van der Waals surface area (Å²) in [4.78, 5) is 13.2. The molecule has 1 saturated heterocycles. The summed E-state index contributed by atoms with van der Waals surface area (Å²) >= 11 is 5.83. The molecule has 0 unspecified atom stereocenters. The van der Waals surface area contributed by atoms with Crippen LogP contribution in [0.3, 0.4) is 0 Å². The van der Waals surface area contributed by atoms with Crippen molar-refractivity contribution >= 4 is 27.3 Å². The van der Waals surface area contributed by atoms with Gasteiger partial charge in [0.05, 0.1) is 16.4 Å². The van der Waals surface area contributed by atoms with Crippen LogP contribution in [0.15, 0.2) is 41.3 Å². The van der Waals surface area contributed by atoms with Gasteiger partial charge in [-0.1, -0.05) is 11.6 Å². The first kappa shape index (κ1) is 22.0. The highest BCUT2D eigenvalue weighted by Gasteiger charge is 2.27. The third kappa shape index (κ3) is 5.16. The van der Waals surface area contributed by atoms with E-state index in [9.17, 15) is 18.5 Å². The predicted molar refractivity (Wildman–Crippen MR) is 113 cm³/mol. The van der Waals surface area contributed by atoms with E-state index in [-0.39, 0.29) is 30.0 Å².